The van der Waals surface area contributed by atoms with Crippen LogP contribution in [0.4, 0.5) is 0 Å². The number of carbonyl (C=O) groups excluding carboxylic acids is 1. The molecule has 0 unspecified atom stereocenters. The van der Waals surface area contributed by atoms with Crippen molar-refractivity contribution in [3.05, 3.63) is 0 Å². The first-order chi connectivity index (χ1) is 9.77. The van der Waals surface area contributed by atoms with Gasteiger partial charge in [-0.15, -0.1) is 0 Å². The fraction of sp³-hybridized carbons (Fsp3) is 0.938. The van der Waals surface area contributed by atoms with Crippen LogP contribution < -0.4 is 5.32 Å². The molecule has 2 saturated carbocycles. The molecule has 1 saturated heterocycles. The summed E-state index contributed by atoms with van der Waals surface area (Å²) in [5.74, 6) is 0.131. The topological polar surface area (TPSA) is 47.6 Å². The predicted molar refractivity (Wildman–Crippen MR) is 76.2 cm³/mol. The second-order valence-corrected chi connectivity index (χ2v) is 6.60. The second kappa shape index (κ2) is 6.44. The zero-order chi connectivity index (χ0) is 13.8. The van der Waals surface area contributed by atoms with Gasteiger partial charge in [0.25, 0.3) is 0 Å². The Balaban J connectivity index is 1.41. The molecule has 1 heterocycles. The Hall–Kier alpha value is -0.610. The monoisotopic (exact) mass is 281 g/mol. The minimum Gasteiger partial charge on any atom is -0.353 e. The summed E-state index contributed by atoms with van der Waals surface area (Å²) in [4.78, 5) is 12.1. The zero-order valence-electron chi connectivity index (χ0n) is 12.4. The van der Waals surface area contributed by atoms with E-state index in [2.05, 4.69) is 5.32 Å². The van der Waals surface area contributed by atoms with Gasteiger partial charge >= 0.3 is 0 Å². The fourth-order valence-corrected chi connectivity index (χ4v) is 3.79. The van der Waals surface area contributed by atoms with Crippen LogP contribution in [0.1, 0.15) is 64.2 Å². The van der Waals surface area contributed by atoms with Crippen molar-refractivity contribution in [2.24, 2.45) is 5.92 Å². The van der Waals surface area contributed by atoms with Gasteiger partial charge in [-0.25, -0.2) is 0 Å². The molecule has 4 heteroatoms. The fourth-order valence-electron chi connectivity index (χ4n) is 3.79. The Morgan fingerprint density at radius 2 is 1.75 bits per heavy atom. The summed E-state index contributed by atoms with van der Waals surface area (Å²) >= 11 is 0. The van der Waals surface area contributed by atoms with Crippen LogP contribution >= 0.6 is 0 Å². The summed E-state index contributed by atoms with van der Waals surface area (Å²) in [5, 5.41) is 3.07. The van der Waals surface area contributed by atoms with Crippen molar-refractivity contribution >= 4 is 5.91 Å². The molecule has 0 bridgehead atoms. The van der Waals surface area contributed by atoms with Gasteiger partial charge in [-0.2, -0.15) is 0 Å². The third-order valence-corrected chi connectivity index (χ3v) is 5.01. The molecule has 0 radical (unpaired) electrons. The van der Waals surface area contributed by atoms with Crippen LogP contribution in [0, 0.1) is 5.92 Å². The number of carbonyl (C=O) groups is 1. The van der Waals surface area contributed by atoms with E-state index in [9.17, 15) is 4.79 Å². The first kappa shape index (κ1) is 14.3. The first-order valence-corrected chi connectivity index (χ1v) is 8.37. The van der Waals surface area contributed by atoms with Crippen LogP contribution in [0.5, 0.6) is 0 Å². The van der Waals surface area contributed by atoms with E-state index in [1.807, 2.05) is 0 Å². The maximum Gasteiger partial charge on any atom is 0.223 e. The van der Waals surface area contributed by atoms with Gasteiger partial charge in [0.05, 0.1) is 6.61 Å². The highest BCUT2D eigenvalue weighted by Gasteiger charge is 2.42. The molecular formula is C16H27NO3. The van der Waals surface area contributed by atoms with Gasteiger partial charge in [0.15, 0.2) is 5.79 Å². The van der Waals surface area contributed by atoms with Gasteiger partial charge in [0.1, 0.15) is 6.10 Å². The van der Waals surface area contributed by atoms with Crippen molar-refractivity contribution in [2.45, 2.75) is 76.1 Å². The maximum absolute atomic E-state index is 12.1. The van der Waals surface area contributed by atoms with Crippen LogP contribution in [0.15, 0.2) is 0 Å². The van der Waals surface area contributed by atoms with Crippen molar-refractivity contribution in [1.29, 1.82) is 0 Å². The molecule has 20 heavy (non-hydrogen) atoms. The SMILES string of the molecule is O=C(NC[C@@H]1COC2(CCCCC2)O1)C1CCCCC1. The summed E-state index contributed by atoms with van der Waals surface area (Å²) in [6, 6.07) is 0. The van der Waals surface area contributed by atoms with E-state index < -0.39 is 0 Å². The van der Waals surface area contributed by atoms with Gasteiger partial charge < -0.3 is 14.8 Å². The van der Waals surface area contributed by atoms with Gasteiger partial charge in [-0.3, -0.25) is 4.79 Å². The molecule has 0 aromatic heterocycles. The number of amides is 1. The number of rotatable bonds is 3. The lowest BCUT2D eigenvalue weighted by atomic mass is 9.88. The molecule has 1 amide bonds. The molecule has 2 aliphatic carbocycles. The molecule has 1 spiro atoms. The van der Waals surface area contributed by atoms with E-state index in [0.29, 0.717) is 13.2 Å². The van der Waals surface area contributed by atoms with Gasteiger partial charge in [0.2, 0.25) is 5.91 Å². The standard InChI is InChI=1S/C16H27NO3/c18-15(13-7-3-1-4-8-13)17-11-14-12-19-16(20-14)9-5-2-6-10-16/h13-14H,1-12H2,(H,17,18)/t14-/m1/s1. The molecular weight excluding hydrogens is 254 g/mol. The second-order valence-electron chi connectivity index (χ2n) is 6.60. The average Bonchev–Trinajstić information content (AvgIpc) is 2.89. The normalized spacial score (nSPS) is 30.5. The maximum atomic E-state index is 12.1. The summed E-state index contributed by atoms with van der Waals surface area (Å²) in [7, 11) is 0. The lowest BCUT2D eigenvalue weighted by molar-refractivity contribution is -0.186. The van der Waals surface area contributed by atoms with E-state index >= 15 is 0 Å². The Bertz CT molecular complexity index is 333. The summed E-state index contributed by atoms with van der Waals surface area (Å²) in [5.41, 5.74) is 0. The molecule has 1 N–H and O–H groups in total. The lowest BCUT2D eigenvalue weighted by Crippen LogP contribution is -2.39. The van der Waals surface area contributed by atoms with E-state index in [-0.39, 0.29) is 23.7 Å². The van der Waals surface area contributed by atoms with Crippen molar-refractivity contribution in [3.63, 3.8) is 0 Å². The summed E-state index contributed by atoms with van der Waals surface area (Å²) in [6.45, 7) is 1.24. The molecule has 1 aliphatic heterocycles. The highest BCUT2D eigenvalue weighted by Crippen LogP contribution is 2.37. The van der Waals surface area contributed by atoms with Crippen molar-refractivity contribution in [2.75, 3.05) is 13.2 Å². The van der Waals surface area contributed by atoms with Gasteiger partial charge in [-0.05, 0) is 25.7 Å². The third kappa shape index (κ3) is 3.34. The van der Waals surface area contributed by atoms with Crippen molar-refractivity contribution in [3.8, 4) is 0 Å². The summed E-state index contributed by atoms with van der Waals surface area (Å²) < 4.78 is 12.0. The Kier molecular flexibility index (Phi) is 4.61. The van der Waals surface area contributed by atoms with Gasteiger partial charge in [-0.1, -0.05) is 25.7 Å². The quantitative estimate of drug-likeness (QED) is 0.865. The number of hydrogen-bond donors (Lipinski definition) is 1. The highest BCUT2D eigenvalue weighted by atomic mass is 16.7. The number of hydrogen-bond acceptors (Lipinski definition) is 3. The number of nitrogens with one attached hydrogen (secondary N) is 1. The van der Waals surface area contributed by atoms with Crippen LogP contribution in [0.2, 0.25) is 0 Å². The molecule has 0 aromatic rings. The molecule has 3 fully saturated rings. The highest BCUT2D eigenvalue weighted by molar-refractivity contribution is 5.78. The van der Waals surface area contributed by atoms with Gasteiger partial charge in [0, 0.05) is 25.3 Å². The molecule has 3 aliphatic rings. The molecule has 114 valence electrons. The van der Waals surface area contributed by atoms with Crippen molar-refractivity contribution in [1.82, 2.24) is 5.32 Å². The Morgan fingerprint density at radius 3 is 2.50 bits per heavy atom. The van der Waals surface area contributed by atoms with Crippen LogP contribution in [-0.4, -0.2) is 30.9 Å². The van der Waals surface area contributed by atoms with Crippen LogP contribution in [0.25, 0.3) is 0 Å². The summed E-state index contributed by atoms with van der Waals surface area (Å²) in [6.07, 6.45) is 11.5. The minimum atomic E-state index is -0.321. The molecule has 3 rings (SSSR count). The smallest absolute Gasteiger partial charge is 0.223 e. The van der Waals surface area contributed by atoms with E-state index in [4.69, 9.17) is 9.47 Å². The van der Waals surface area contributed by atoms with E-state index in [1.54, 1.807) is 0 Å². The van der Waals surface area contributed by atoms with E-state index in [1.165, 1.54) is 38.5 Å². The predicted octanol–water partition coefficient (Wildman–Crippen LogP) is 2.76. The van der Waals surface area contributed by atoms with Crippen molar-refractivity contribution < 1.29 is 14.3 Å². The lowest BCUT2D eigenvalue weighted by Gasteiger charge is -2.31. The minimum absolute atomic E-state index is 0.0423. The molecule has 0 aromatic carbocycles. The zero-order valence-corrected chi connectivity index (χ0v) is 12.4. The van der Waals surface area contributed by atoms with E-state index in [0.717, 1.165) is 25.7 Å². The first-order valence-electron chi connectivity index (χ1n) is 8.37. The average molecular weight is 281 g/mol. The third-order valence-electron chi connectivity index (χ3n) is 5.01. The molecule has 4 nitrogen and oxygen atoms in total. The van der Waals surface area contributed by atoms with Crippen LogP contribution in [0.3, 0.4) is 0 Å². The Labute approximate surface area is 121 Å². The largest absolute Gasteiger partial charge is 0.353 e. The molecule has 1 atom stereocenters. The number of ether oxygens (including phenoxy) is 2. The van der Waals surface area contributed by atoms with Crippen LogP contribution in [-0.2, 0) is 14.3 Å². The Morgan fingerprint density at radius 1 is 1.05 bits per heavy atom.